The minimum atomic E-state index is 0.716. The van der Waals surface area contributed by atoms with Gasteiger partial charge in [-0.3, -0.25) is 4.98 Å². The highest BCUT2D eigenvalue weighted by atomic mass is 16.3. The number of anilines is 2. The van der Waals surface area contributed by atoms with Crippen molar-refractivity contribution in [2.24, 2.45) is 0 Å². The van der Waals surface area contributed by atoms with Crippen molar-refractivity contribution in [2.45, 2.75) is 20.4 Å². The molecule has 3 aromatic rings. The fraction of sp³-hybridized carbons (Fsp3) is 0.235. The van der Waals surface area contributed by atoms with Gasteiger partial charge in [-0.15, -0.1) is 0 Å². The Hall–Kier alpha value is -2.49. The summed E-state index contributed by atoms with van der Waals surface area (Å²) in [5.74, 6) is 1.88. The molecule has 2 aromatic heterocycles. The van der Waals surface area contributed by atoms with Crippen molar-refractivity contribution in [1.29, 1.82) is 0 Å². The van der Waals surface area contributed by atoms with E-state index in [1.54, 1.807) is 0 Å². The Balaban J connectivity index is 2.03. The van der Waals surface area contributed by atoms with E-state index in [1.807, 2.05) is 44.3 Å². The lowest BCUT2D eigenvalue weighted by Crippen LogP contribution is -2.16. The molecule has 2 heterocycles. The van der Waals surface area contributed by atoms with Crippen LogP contribution in [0.25, 0.3) is 10.8 Å². The van der Waals surface area contributed by atoms with E-state index in [4.69, 9.17) is 10.2 Å². The molecule has 0 aliphatic heterocycles. The van der Waals surface area contributed by atoms with Gasteiger partial charge in [-0.25, -0.2) is 0 Å². The van der Waals surface area contributed by atoms with E-state index in [0.717, 1.165) is 39.4 Å². The zero-order chi connectivity index (χ0) is 15.0. The predicted molar refractivity (Wildman–Crippen MR) is 86.4 cm³/mol. The highest BCUT2D eigenvalue weighted by Gasteiger charge is 2.11. The van der Waals surface area contributed by atoms with E-state index in [1.165, 1.54) is 0 Å². The van der Waals surface area contributed by atoms with Crippen LogP contribution in [0.1, 0.15) is 17.2 Å². The molecule has 0 radical (unpaired) electrons. The van der Waals surface area contributed by atoms with Crippen LogP contribution in [0.15, 0.2) is 40.9 Å². The number of benzene rings is 1. The van der Waals surface area contributed by atoms with Gasteiger partial charge in [0.1, 0.15) is 11.5 Å². The summed E-state index contributed by atoms with van der Waals surface area (Å²) >= 11 is 0. The zero-order valence-corrected chi connectivity index (χ0v) is 12.6. The number of aromatic nitrogens is 1. The van der Waals surface area contributed by atoms with Crippen molar-refractivity contribution in [3.8, 4) is 0 Å². The van der Waals surface area contributed by atoms with Crippen LogP contribution in [0.4, 0.5) is 11.4 Å². The molecule has 0 amide bonds. The standard InChI is InChI=1S/C17H19N3O/c1-11-8-14-15(9-19-11)16(18)6-7-17(14)20(3)10-13-5-4-12(2)21-13/h4-9H,10,18H2,1-3H3. The van der Waals surface area contributed by atoms with Crippen molar-refractivity contribution in [3.05, 3.63) is 53.7 Å². The molecule has 0 bridgehead atoms. The summed E-state index contributed by atoms with van der Waals surface area (Å²) in [5.41, 5.74) is 8.91. The number of nitrogens with two attached hydrogens (primary N) is 1. The lowest BCUT2D eigenvalue weighted by Gasteiger charge is -2.21. The Morgan fingerprint density at radius 3 is 2.67 bits per heavy atom. The lowest BCUT2D eigenvalue weighted by atomic mass is 10.1. The SMILES string of the molecule is Cc1cc2c(N(C)Cc3ccc(C)o3)ccc(N)c2cn1. The average Bonchev–Trinajstić information content (AvgIpc) is 2.84. The highest BCUT2D eigenvalue weighted by Crippen LogP contribution is 2.31. The molecule has 4 heteroatoms. The summed E-state index contributed by atoms with van der Waals surface area (Å²) in [5, 5.41) is 2.11. The topological polar surface area (TPSA) is 55.3 Å². The molecule has 21 heavy (non-hydrogen) atoms. The van der Waals surface area contributed by atoms with Crippen molar-refractivity contribution in [2.75, 3.05) is 17.7 Å². The molecule has 0 unspecified atom stereocenters. The lowest BCUT2D eigenvalue weighted by molar-refractivity contribution is 0.482. The first-order chi connectivity index (χ1) is 10.0. The number of nitrogen functional groups attached to an aromatic ring is 1. The third-order valence-corrected chi connectivity index (χ3v) is 3.65. The number of aryl methyl sites for hydroxylation is 2. The number of furan rings is 1. The predicted octanol–water partition coefficient (Wildman–Crippen LogP) is 3.66. The average molecular weight is 281 g/mol. The molecule has 3 rings (SSSR count). The molecule has 0 aliphatic rings. The van der Waals surface area contributed by atoms with Crippen LogP contribution in [-0.4, -0.2) is 12.0 Å². The van der Waals surface area contributed by atoms with E-state index >= 15 is 0 Å². The van der Waals surface area contributed by atoms with Crippen LogP contribution in [0.2, 0.25) is 0 Å². The normalized spacial score (nSPS) is 11.0. The number of rotatable bonds is 3. The molecule has 1 aromatic carbocycles. The maximum Gasteiger partial charge on any atom is 0.123 e. The Labute approximate surface area is 124 Å². The van der Waals surface area contributed by atoms with E-state index in [9.17, 15) is 0 Å². The van der Waals surface area contributed by atoms with E-state index < -0.39 is 0 Å². The summed E-state index contributed by atoms with van der Waals surface area (Å²) in [6.45, 7) is 4.66. The van der Waals surface area contributed by atoms with Crippen LogP contribution in [0.3, 0.4) is 0 Å². The van der Waals surface area contributed by atoms with Gasteiger partial charge in [-0.2, -0.15) is 0 Å². The van der Waals surface area contributed by atoms with E-state index in [0.29, 0.717) is 6.54 Å². The van der Waals surface area contributed by atoms with E-state index in [-0.39, 0.29) is 0 Å². The summed E-state index contributed by atoms with van der Waals surface area (Å²) in [6.07, 6.45) is 1.84. The van der Waals surface area contributed by atoms with E-state index in [2.05, 4.69) is 23.0 Å². The first kappa shape index (κ1) is 13.5. The van der Waals surface area contributed by atoms with Gasteiger partial charge in [0.05, 0.1) is 6.54 Å². The zero-order valence-electron chi connectivity index (χ0n) is 12.6. The van der Waals surface area contributed by atoms with Crippen molar-refractivity contribution >= 4 is 22.1 Å². The third kappa shape index (κ3) is 2.57. The largest absolute Gasteiger partial charge is 0.464 e. The van der Waals surface area contributed by atoms with Crippen LogP contribution in [0.5, 0.6) is 0 Å². The van der Waals surface area contributed by atoms with Gasteiger partial charge in [0.25, 0.3) is 0 Å². The number of fused-ring (bicyclic) bond motifs is 1. The van der Waals surface area contributed by atoms with Crippen molar-refractivity contribution in [1.82, 2.24) is 4.98 Å². The Kier molecular flexibility index (Phi) is 3.29. The molecule has 4 nitrogen and oxygen atoms in total. The monoisotopic (exact) mass is 281 g/mol. The Bertz CT molecular complexity index is 792. The second-order valence-electron chi connectivity index (χ2n) is 5.41. The summed E-state index contributed by atoms with van der Waals surface area (Å²) in [4.78, 5) is 6.51. The van der Waals surface area contributed by atoms with Gasteiger partial charge in [0.2, 0.25) is 0 Å². The van der Waals surface area contributed by atoms with Crippen LogP contribution < -0.4 is 10.6 Å². The second-order valence-corrected chi connectivity index (χ2v) is 5.41. The maximum absolute atomic E-state index is 6.05. The number of pyridine rings is 1. The van der Waals surface area contributed by atoms with Gasteiger partial charge in [-0.05, 0) is 44.2 Å². The molecule has 108 valence electrons. The van der Waals surface area contributed by atoms with Crippen LogP contribution in [0, 0.1) is 13.8 Å². The Morgan fingerprint density at radius 1 is 1.14 bits per heavy atom. The molecule has 0 saturated carbocycles. The van der Waals surface area contributed by atoms with Crippen LogP contribution in [-0.2, 0) is 6.54 Å². The van der Waals surface area contributed by atoms with Gasteiger partial charge < -0.3 is 15.1 Å². The number of hydrogen-bond acceptors (Lipinski definition) is 4. The smallest absolute Gasteiger partial charge is 0.123 e. The van der Waals surface area contributed by atoms with Gasteiger partial charge in [0.15, 0.2) is 0 Å². The molecule has 0 fully saturated rings. The number of hydrogen-bond donors (Lipinski definition) is 1. The van der Waals surface area contributed by atoms with Crippen molar-refractivity contribution in [3.63, 3.8) is 0 Å². The molecule has 0 saturated heterocycles. The molecular formula is C17H19N3O. The highest BCUT2D eigenvalue weighted by molar-refractivity contribution is 6.01. The molecule has 0 spiro atoms. The Morgan fingerprint density at radius 2 is 1.95 bits per heavy atom. The first-order valence-electron chi connectivity index (χ1n) is 6.96. The molecule has 0 atom stereocenters. The fourth-order valence-corrected chi connectivity index (χ4v) is 2.57. The van der Waals surface area contributed by atoms with Crippen molar-refractivity contribution < 1.29 is 4.42 Å². The molecule has 2 N–H and O–H groups in total. The minimum absolute atomic E-state index is 0.716. The van der Waals surface area contributed by atoms with Crippen LogP contribution >= 0.6 is 0 Å². The van der Waals surface area contributed by atoms with Gasteiger partial charge in [0, 0.05) is 41.1 Å². The quantitative estimate of drug-likeness (QED) is 0.744. The fourth-order valence-electron chi connectivity index (χ4n) is 2.57. The minimum Gasteiger partial charge on any atom is -0.464 e. The van der Waals surface area contributed by atoms with Gasteiger partial charge in [-0.1, -0.05) is 0 Å². The second kappa shape index (κ2) is 5.13. The third-order valence-electron chi connectivity index (χ3n) is 3.65. The maximum atomic E-state index is 6.05. The number of nitrogens with zero attached hydrogens (tertiary/aromatic N) is 2. The molecule has 0 aliphatic carbocycles. The summed E-state index contributed by atoms with van der Waals surface area (Å²) < 4.78 is 5.66. The summed E-state index contributed by atoms with van der Waals surface area (Å²) in [7, 11) is 2.05. The van der Waals surface area contributed by atoms with Gasteiger partial charge >= 0.3 is 0 Å². The molecular weight excluding hydrogens is 262 g/mol. The summed E-state index contributed by atoms with van der Waals surface area (Å²) in [6, 6.07) is 10.0. The first-order valence-corrected chi connectivity index (χ1v) is 6.96.